The summed E-state index contributed by atoms with van der Waals surface area (Å²) in [6, 6.07) is 0.982. The van der Waals surface area contributed by atoms with Gasteiger partial charge in [-0.15, -0.1) is 0 Å². The third-order valence-corrected chi connectivity index (χ3v) is 7.37. The molecule has 0 fully saturated rings. The second kappa shape index (κ2) is 21.6. The van der Waals surface area contributed by atoms with Crippen molar-refractivity contribution in [3.8, 4) is 5.75 Å². The SMILES string of the molecule is CC[C@H](C)[C@H](NC(=O)CNC(=O)CNC(=O)[C@H](Cc1ccc(O)cc1)NC(C)=O)C(=O)N[C@@H](CC(=O)O)C(=O)N[C@@H](CCCCN)C(N)=O. The molecule has 0 spiro atoms. The average molecular weight is 693 g/mol. The first-order chi connectivity index (χ1) is 23.1. The predicted octanol–water partition coefficient (Wildman–Crippen LogP) is -2.74. The standard InChI is InChI=1S/C31H48N8O10/c1-4-17(2)27(31(49)38-23(14-26(44)45)30(48)37-21(28(33)46)7-5-6-12-32)39-25(43)16-34-24(42)15-35-29(47)22(36-18(3)40)13-19-8-10-20(41)11-9-19/h8-11,17,21-23,27,41H,4-7,12-16,32H2,1-3H3,(H2,33,46)(H,34,42)(H,35,47)(H,36,40)(H,37,48)(H,38,49)(H,39,43)(H,44,45)/t17-,21-,22-,23-,27-/m0/s1. The van der Waals surface area contributed by atoms with Crippen molar-refractivity contribution >= 4 is 47.3 Å². The molecule has 0 aliphatic heterocycles. The zero-order valence-electron chi connectivity index (χ0n) is 27.9. The lowest BCUT2D eigenvalue weighted by atomic mass is 9.97. The van der Waals surface area contributed by atoms with E-state index in [1.165, 1.54) is 19.1 Å². The monoisotopic (exact) mass is 692 g/mol. The van der Waals surface area contributed by atoms with E-state index in [-0.39, 0.29) is 18.6 Å². The number of carboxylic acid groups (broad SMARTS) is 1. The van der Waals surface area contributed by atoms with Crippen molar-refractivity contribution in [1.29, 1.82) is 0 Å². The van der Waals surface area contributed by atoms with Gasteiger partial charge in [-0.3, -0.25) is 38.4 Å². The molecule has 0 saturated carbocycles. The Morgan fingerprint density at radius 3 is 1.94 bits per heavy atom. The Morgan fingerprint density at radius 1 is 0.776 bits per heavy atom. The van der Waals surface area contributed by atoms with Crippen molar-refractivity contribution in [3.05, 3.63) is 29.8 Å². The molecule has 7 amide bonds. The fourth-order valence-corrected chi connectivity index (χ4v) is 4.48. The minimum Gasteiger partial charge on any atom is -0.508 e. The Labute approximate surface area is 283 Å². The number of nitrogens with two attached hydrogens (primary N) is 2. The van der Waals surface area contributed by atoms with E-state index in [4.69, 9.17) is 11.5 Å². The van der Waals surface area contributed by atoms with E-state index in [1.54, 1.807) is 26.0 Å². The zero-order valence-corrected chi connectivity index (χ0v) is 27.9. The number of carboxylic acids is 1. The maximum atomic E-state index is 13.2. The van der Waals surface area contributed by atoms with E-state index in [2.05, 4.69) is 31.9 Å². The third-order valence-electron chi connectivity index (χ3n) is 7.37. The molecular weight excluding hydrogens is 644 g/mol. The number of rotatable bonds is 22. The van der Waals surface area contributed by atoms with Gasteiger partial charge >= 0.3 is 5.97 Å². The molecule has 1 aromatic carbocycles. The number of phenolic OH excluding ortho intramolecular Hbond substituents is 1. The van der Waals surface area contributed by atoms with Crippen LogP contribution in [0.25, 0.3) is 0 Å². The van der Waals surface area contributed by atoms with Crippen LogP contribution in [-0.4, -0.2) is 101 Å². The van der Waals surface area contributed by atoms with E-state index in [0.29, 0.717) is 31.4 Å². The van der Waals surface area contributed by atoms with Gasteiger partial charge in [-0.25, -0.2) is 0 Å². The van der Waals surface area contributed by atoms with Gasteiger partial charge < -0.3 is 53.6 Å². The van der Waals surface area contributed by atoms with Crippen LogP contribution in [0.1, 0.15) is 58.4 Å². The van der Waals surface area contributed by atoms with Gasteiger partial charge in [0.05, 0.1) is 19.5 Å². The van der Waals surface area contributed by atoms with E-state index in [9.17, 15) is 48.6 Å². The van der Waals surface area contributed by atoms with Crippen LogP contribution in [-0.2, 0) is 44.8 Å². The number of primary amides is 1. The van der Waals surface area contributed by atoms with Gasteiger partial charge in [-0.05, 0) is 49.4 Å². The molecule has 1 aromatic rings. The van der Waals surface area contributed by atoms with E-state index < -0.39 is 96.9 Å². The number of carbonyl (C=O) groups excluding carboxylic acids is 7. The molecule has 272 valence electrons. The lowest BCUT2D eigenvalue weighted by Gasteiger charge is -2.27. The lowest BCUT2D eigenvalue weighted by Crippen LogP contribution is -2.58. The molecule has 1 rings (SSSR count). The molecule has 0 bridgehead atoms. The molecule has 0 heterocycles. The van der Waals surface area contributed by atoms with Crippen LogP contribution in [0.4, 0.5) is 0 Å². The average Bonchev–Trinajstić information content (AvgIpc) is 3.04. The number of phenols is 1. The number of hydrogen-bond donors (Lipinski definition) is 10. The van der Waals surface area contributed by atoms with Gasteiger partial charge in [0.25, 0.3) is 0 Å². The van der Waals surface area contributed by atoms with Crippen molar-refractivity contribution in [3.63, 3.8) is 0 Å². The maximum Gasteiger partial charge on any atom is 0.305 e. The molecule has 5 atom stereocenters. The normalized spacial score (nSPS) is 13.7. The minimum atomic E-state index is -1.61. The summed E-state index contributed by atoms with van der Waals surface area (Å²) in [5.41, 5.74) is 11.5. The van der Waals surface area contributed by atoms with Crippen LogP contribution in [0.5, 0.6) is 5.75 Å². The second-order valence-corrected chi connectivity index (χ2v) is 11.5. The van der Waals surface area contributed by atoms with Gasteiger partial charge in [0.15, 0.2) is 0 Å². The second-order valence-electron chi connectivity index (χ2n) is 11.5. The van der Waals surface area contributed by atoms with Crippen molar-refractivity contribution in [2.45, 2.75) is 83.5 Å². The van der Waals surface area contributed by atoms with Crippen molar-refractivity contribution in [2.24, 2.45) is 17.4 Å². The molecule has 18 heteroatoms. The van der Waals surface area contributed by atoms with Crippen molar-refractivity contribution < 1.29 is 48.6 Å². The number of nitrogens with one attached hydrogen (secondary N) is 6. The Morgan fingerprint density at radius 2 is 1.39 bits per heavy atom. The van der Waals surface area contributed by atoms with Crippen LogP contribution < -0.4 is 43.4 Å². The molecule has 49 heavy (non-hydrogen) atoms. The maximum absolute atomic E-state index is 13.2. The summed E-state index contributed by atoms with van der Waals surface area (Å²) in [5.74, 6) is -7.28. The molecule has 12 N–H and O–H groups in total. The van der Waals surface area contributed by atoms with Gasteiger partial charge in [-0.1, -0.05) is 32.4 Å². The van der Waals surface area contributed by atoms with Gasteiger partial charge in [0.2, 0.25) is 41.4 Å². The summed E-state index contributed by atoms with van der Waals surface area (Å²) in [7, 11) is 0. The van der Waals surface area contributed by atoms with Crippen LogP contribution >= 0.6 is 0 Å². The number of amides is 7. The van der Waals surface area contributed by atoms with Gasteiger partial charge in [0.1, 0.15) is 29.9 Å². The summed E-state index contributed by atoms with van der Waals surface area (Å²) in [4.78, 5) is 98.9. The van der Waals surface area contributed by atoms with Crippen LogP contribution in [0.15, 0.2) is 24.3 Å². The number of aliphatic carboxylic acids is 1. The number of aromatic hydroxyl groups is 1. The Hall–Kier alpha value is -5.26. The first-order valence-electron chi connectivity index (χ1n) is 15.8. The summed E-state index contributed by atoms with van der Waals surface area (Å²) in [5, 5.41) is 33.1. The summed E-state index contributed by atoms with van der Waals surface area (Å²) in [6.07, 6.45) is 0.808. The summed E-state index contributed by atoms with van der Waals surface area (Å²) < 4.78 is 0. The Kier molecular flexibility index (Phi) is 18.4. The number of hydrogen-bond acceptors (Lipinski definition) is 10. The van der Waals surface area contributed by atoms with Crippen LogP contribution in [0.3, 0.4) is 0 Å². The van der Waals surface area contributed by atoms with E-state index in [0.717, 1.165) is 0 Å². The number of unbranched alkanes of at least 4 members (excludes halogenated alkanes) is 1. The van der Waals surface area contributed by atoms with Gasteiger partial charge in [0, 0.05) is 13.3 Å². The third kappa shape index (κ3) is 16.4. The predicted molar refractivity (Wildman–Crippen MR) is 175 cm³/mol. The van der Waals surface area contributed by atoms with Crippen molar-refractivity contribution in [1.82, 2.24) is 31.9 Å². The molecule has 18 nitrogen and oxygen atoms in total. The molecule has 0 unspecified atom stereocenters. The van der Waals surface area contributed by atoms with E-state index in [1.807, 2.05) is 0 Å². The molecule has 0 radical (unpaired) electrons. The zero-order chi connectivity index (χ0) is 37.1. The highest BCUT2D eigenvalue weighted by atomic mass is 16.4. The summed E-state index contributed by atoms with van der Waals surface area (Å²) >= 11 is 0. The smallest absolute Gasteiger partial charge is 0.305 e. The molecular formula is C31H48N8O10. The highest BCUT2D eigenvalue weighted by Crippen LogP contribution is 2.12. The highest BCUT2D eigenvalue weighted by Gasteiger charge is 2.32. The fourth-order valence-electron chi connectivity index (χ4n) is 4.48. The van der Waals surface area contributed by atoms with Gasteiger partial charge in [-0.2, -0.15) is 0 Å². The fraction of sp³-hybridized carbons (Fsp3) is 0.548. The summed E-state index contributed by atoms with van der Waals surface area (Å²) in [6.45, 7) is 3.80. The largest absolute Gasteiger partial charge is 0.508 e. The molecule has 0 saturated heterocycles. The lowest BCUT2D eigenvalue weighted by molar-refractivity contribution is -0.141. The quantitative estimate of drug-likeness (QED) is 0.0556. The Bertz CT molecular complexity index is 1320. The molecule has 0 aliphatic rings. The van der Waals surface area contributed by atoms with Crippen molar-refractivity contribution in [2.75, 3.05) is 19.6 Å². The minimum absolute atomic E-state index is 0.0240. The topological polar surface area (TPSA) is 301 Å². The van der Waals surface area contributed by atoms with Crippen LogP contribution in [0, 0.1) is 5.92 Å². The highest BCUT2D eigenvalue weighted by molar-refractivity contribution is 5.96. The van der Waals surface area contributed by atoms with E-state index >= 15 is 0 Å². The number of benzene rings is 1. The first-order valence-corrected chi connectivity index (χ1v) is 15.8. The molecule has 0 aromatic heterocycles. The first kappa shape index (κ1) is 41.8. The number of carbonyl (C=O) groups is 8. The molecule has 0 aliphatic carbocycles. The van der Waals surface area contributed by atoms with Crippen LogP contribution in [0.2, 0.25) is 0 Å². The Balaban J connectivity index is 2.82.